The van der Waals surface area contributed by atoms with Crippen LogP contribution in [0.3, 0.4) is 0 Å². The van der Waals surface area contributed by atoms with E-state index in [0.717, 1.165) is 11.1 Å². The van der Waals surface area contributed by atoms with Gasteiger partial charge in [0.2, 0.25) is 0 Å². The van der Waals surface area contributed by atoms with Crippen molar-refractivity contribution < 1.29 is 0 Å². The van der Waals surface area contributed by atoms with E-state index in [1.165, 1.54) is 38.5 Å². The van der Waals surface area contributed by atoms with Crippen LogP contribution in [0.25, 0.3) is 38.5 Å². The van der Waals surface area contributed by atoms with Gasteiger partial charge in [0.05, 0.1) is 5.52 Å². The summed E-state index contributed by atoms with van der Waals surface area (Å²) in [6.45, 7) is 6.72. The fourth-order valence-electron chi connectivity index (χ4n) is 5.09. The highest BCUT2D eigenvalue weighted by atomic mass is 14.7. The summed E-state index contributed by atoms with van der Waals surface area (Å²) in [5.41, 5.74) is 8.25. The van der Waals surface area contributed by atoms with E-state index < -0.39 is 0 Å². The van der Waals surface area contributed by atoms with Gasteiger partial charge in [-0.15, -0.1) is 0 Å². The van der Waals surface area contributed by atoms with Gasteiger partial charge in [-0.3, -0.25) is 0 Å². The SMILES string of the molecule is C=C(C1=C[C@@]2(C)C=CC=CC2C=C1)c1ccc(-c2cccc3c2[nH]c2ccccc23)cc1. The van der Waals surface area contributed by atoms with Crippen LogP contribution in [0.5, 0.6) is 0 Å². The molecule has 0 aliphatic heterocycles. The van der Waals surface area contributed by atoms with Crippen LogP contribution in [0.2, 0.25) is 0 Å². The number of H-pyrrole nitrogens is 1. The van der Waals surface area contributed by atoms with Crippen molar-refractivity contribution >= 4 is 27.4 Å². The van der Waals surface area contributed by atoms with E-state index in [9.17, 15) is 0 Å². The lowest BCUT2D eigenvalue weighted by Gasteiger charge is -2.34. The maximum Gasteiger partial charge on any atom is 0.0544 e. The third kappa shape index (κ3) is 2.93. The molecule has 0 spiro atoms. The molecule has 1 N–H and O–H groups in total. The molecule has 1 heteroatoms. The van der Waals surface area contributed by atoms with E-state index in [0.29, 0.717) is 5.92 Å². The Morgan fingerprint density at radius 2 is 1.69 bits per heavy atom. The summed E-state index contributed by atoms with van der Waals surface area (Å²) in [6, 6.07) is 23.8. The summed E-state index contributed by atoms with van der Waals surface area (Å²) >= 11 is 0. The lowest BCUT2D eigenvalue weighted by molar-refractivity contribution is 0.450. The number of aromatic nitrogens is 1. The zero-order valence-electron chi connectivity index (χ0n) is 18.2. The molecule has 4 aromatic rings. The van der Waals surface area contributed by atoms with Crippen LogP contribution in [0, 0.1) is 11.3 Å². The first-order valence-electron chi connectivity index (χ1n) is 11.2. The second-order valence-electron chi connectivity index (χ2n) is 9.05. The van der Waals surface area contributed by atoms with E-state index >= 15 is 0 Å². The van der Waals surface area contributed by atoms with Gasteiger partial charge in [0, 0.05) is 33.2 Å². The molecule has 1 nitrogen and oxygen atoms in total. The molecule has 0 radical (unpaired) electrons. The fourth-order valence-corrected chi connectivity index (χ4v) is 5.09. The molecule has 2 aliphatic rings. The molecule has 0 saturated carbocycles. The number of aromatic amines is 1. The van der Waals surface area contributed by atoms with Crippen molar-refractivity contribution in [3.05, 3.63) is 127 Å². The number of benzene rings is 3. The summed E-state index contributed by atoms with van der Waals surface area (Å²) in [7, 11) is 0. The van der Waals surface area contributed by atoms with E-state index in [4.69, 9.17) is 0 Å². The molecule has 0 saturated heterocycles. The molecule has 1 aromatic heterocycles. The Kier molecular flexibility index (Phi) is 4.19. The maximum atomic E-state index is 4.43. The highest BCUT2D eigenvalue weighted by Crippen LogP contribution is 2.42. The molecule has 0 fully saturated rings. The normalized spacial score (nSPS) is 21.7. The first kappa shape index (κ1) is 18.9. The smallest absolute Gasteiger partial charge is 0.0544 e. The number of nitrogens with one attached hydrogen (secondary N) is 1. The van der Waals surface area contributed by atoms with Crippen molar-refractivity contribution in [2.75, 3.05) is 0 Å². The first-order chi connectivity index (χ1) is 15.6. The van der Waals surface area contributed by atoms with Crippen molar-refractivity contribution in [2.45, 2.75) is 6.92 Å². The van der Waals surface area contributed by atoms with Gasteiger partial charge in [-0.1, -0.05) is 117 Å². The van der Waals surface area contributed by atoms with E-state index in [1.807, 2.05) is 0 Å². The lowest BCUT2D eigenvalue weighted by atomic mass is 9.70. The van der Waals surface area contributed by atoms with Crippen LogP contribution in [0.15, 0.2) is 121 Å². The Hall–Kier alpha value is -3.84. The minimum absolute atomic E-state index is 0.0208. The van der Waals surface area contributed by atoms with Gasteiger partial charge < -0.3 is 4.98 Å². The average molecular weight is 412 g/mol. The van der Waals surface area contributed by atoms with Gasteiger partial charge in [0.1, 0.15) is 0 Å². The van der Waals surface area contributed by atoms with Gasteiger partial charge in [-0.25, -0.2) is 0 Å². The van der Waals surface area contributed by atoms with Gasteiger partial charge >= 0.3 is 0 Å². The minimum atomic E-state index is 0.0208. The quantitative estimate of drug-likeness (QED) is 0.349. The summed E-state index contributed by atoms with van der Waals surface area (Å²) in [6.07, 6.45) is 15.7. The molecule has 6 rings (SSSR count). The van der Waals surface area contributed by atoms with Crippen LogP contribution < -0.4 is 0 Å². The van der Waals surface area contributed by atoms with E-state index in [-0.39, 0.29) is 5.41 Å². The highest BCUT2D eigenvalue weighted by molar-refractivity contribution is 6.11. The third-order valence-electron chi connectivity index (χ3n) is 6.99. The predicted octanol–water partition coefficient (Wildman–Crippen LogP) is 8.25. The monoisotopic (exact) mass is 411 g/mol. The highest BCUT2D eigenvalue weighted by Gasteiger charge is 2.30. The summed E-state index contributed by atoms with van der Waals surface area (Å²) in [5, 5.41) is 2.53. The zero-order chi connectivity index (χ0) is 21.7. The summed E-state index contributed by atoms with van der Waals surface area (Å²) in [4.78, 5) is 3.62. The number of fused-ring (bicyclic) bond motifs is 4. The van der Waals surface area contributed by atoms with Crippen LogP contribution in [-0.4, -0.2) is 4.98 Å². The van der Waals surface area contributed by atoms with Gasteiger partial charge in [-0.2, -0.15) is 0 Å². The Morgan fingerprint density at radius 1 is 0.875 bits per heavy atom. The molecule has 3 aromatic carbocycles. The molecular formula is C31H25N. The Morgan fingerprint density at radius 3 is 2.56 bits per heavy atom. The molecule has 1 heterocycles. The predicted molar refractivity (Wildman–Crippen MR) is 137 cm³/mol. The van der Waals surface area contributed by atoms with Crippen LogP contribution in [0.1, 0.15) is 12.5 Å². The summed E-state index contributed by atoms with van der Waals surface area (Å²) in [5.74, 6) is 0.420. The molecule has 32 heavy (non-hydrogen) atoms. The average Bonchev–Trinajstić information content (AvgIpc) is 3.22. The second-order valence-corrected chi connectivity index (χ2v) is 9.05. The molecule has 0 bridgehead atoms. The molecule has 0 amide bonds. The van der Waals surface area contributed by atoms with Crippen molar-refractivity contribution in [3.63, 3.8) is 0 Å². The van der Waals surface area contributed by atoms with Crippen molar-refractivity contribution in [3.8, 4) is 11.1 Å². The van der Waals surface area contributed by atoms with Gasteiger partial charge in [-0.05, 0) is 28.3 Å². The maximum absolute atomic E-state index is 4.43. The van der Waals surface area contributed by atoms with E-state index in [2.05, 4.69) is 128 Å². The third-order valence-corrected chi connectivity index (χ3v) is 6.99. The van der Waals surface area contributed by atoms with Gasteiger partial charge in [0.15, 0.2) is 0 Å². The van der Waals surface area contributed by atoms with Crippen LogP contribution in [-0.2, 0) is 0 Å². The Bertz CT molecular complexity index is 1490. The fraction of sp³-hybridized carbons (Fsp3) is 0.0968. The molecule has 2 atom stereocenters. The van der Waals surface area contributed by atoms with Crippen LogP contribution in [0.4, 0.5) is 0 Å². The second kappa shape index (κ2) is 7.10. The number of rotatable bonds is 3. The standard InChI is InChI=1S/C31H25N/c1-21(24-17-18-25-8-5-6-19-31(25,2)20-24)22-13-15-23(16-14-22)26-10-7-11-28-27-9-3-4-12-29(27)32-30(26)28/h3-20,25,32H,1H2,2H3/t25?,31-/m1/s1. The Labute approximate surface area is 188 Å². The number of hydrogen-bond acceptors (Lipinski definition) is 0. The number of para-hydroxylation sites is 2. The van der Waals surface area contributed by atoms with Crippen molar-refractivity contribution in [1.82, 2.24) is 4.98 Å². The Balaban J connectivity index is 1.35. The van der Waals surface area contributed by atoms with Crippen molar-refractivity contribution in [1.29, 1.82) is 0 Å². The summed E-state index contributed by atoms with van der Waals surface area (Å²) < 4.78 is 0. The number of allylic oxidation sites excluding steroid dienone is 9. The number of hydrogen-bond donors (Lipinski definition) is 1. The largest absolute Gasteiger partial charge is 0.354 e. The molecule has 2 aliphatic carbocycles. The molecular weight excluding hydrogens is 386 g/mol. The van der Waals surface area contributed by atoms with Gasteiger partial charge in [0.25, 0.3) is 0 Å². The van der Waals surface area contributed by atoms with Crippen LogP contribution >= 0.6 is 0 Å². The molecule has 1 unspecified atom stereocenters. The van der Waals surface area contributed by atoms with Crippen molar-refractivity contribution in [2.24, 2.45) is 11.3 Å². The molecule has 154 valence electrons. The minimum Gasteiger partial charge on any atom is -0.354 e. The van der Waals surface area contributed by atoms with E-state index in [1.54, 1.807) is 0 Å². The zero-order valence-corrected chi connectivity index (χ0v) is 18.2. The first-order valence-corrected chi connectivity index (χ1v) is 11.2. The lowest BCUT2D eigenvalue weighted by Crippen LogP contribution is -2.24. The topological polar surface area (TPSA) is 15.8 Å².